The molecule has 0 spiro atoms. The second-order valence-electron chi connectivity index (χ2n) is 11.2. The maximum absolute atomic E-state index is 13.6. The van der Waals surface area contributed by atoms with E-state index in [4.69, 9.17) is 11.6 Å². The van der Waals surface area contributed by atoms with E-state index >= 15 is 0 Å². The fourth-order valence-electron chi connectivity index (χ4n) is 5.94. The van der Waals surface area contributed by atoms with E-state index in [0.717, 1.165) is 50.1 Å². The van der Waals surface area contributed by atoms with Crippen molar-refractivity contribution >= 4 is 35.0 Å². The fraction of sp³-hybridized carbons (Fsp3) is 0.531. The highest BCUT2D eigenvalue weighted by Crippen LogP contribution is 2.27. The Balaban J connectivity index is 1.28. The summed E-state index contributed by atoms with van der Waals surface area (Å²) < 4.78 is 13.3. The molecule has 2 aromatic carbocycles. The van der Waals surface area contributed by atoms with Crippen LogP contribution in [0.4, 0.5) is 10.1 Å². The third-order valence-electron chi connectivity index (χ3n) is 8.45. The van der Waals surface area contributed by atoms with Crippen molar-refractivity contribution < 1.29 is 18.8 Å². The molecule has 0 N–H and O–H groups in total. The molecule has 2 fully saturated rings. The van der Waals surface area contributed by atoms with Crippen LogP contribution < -0.4 is 4.90 Å². The van der Waals surface area contributed by atoms with Crippen molar-refractivity contribution in [2.75, 3.05) is 50.7 Å². The van der Waals surface area contributed by atoms with E-state index in [1.54, 1.807) is 19.1 Å². The molecule has 0 atom stereocenters. The Bertz CT molecular complexity index is 1180. The molecule has 2 heterocycles. The van der Waals surface area contributed by atoms with Crippen molar-refractivity contribution in [1.29, 1.82) is 0 Å². The van der Waals surface area contributed by atoms with E-state index in [0.29, 0.717) is 50.6 Å². The Kier molecular flexibility index (Phi) is 11.2. The third kappa shape index (κ3) is 8.52. The molecule has 0 bridgehead atoms. The van der Waals surface area contributed by atoms with Gasteiger partial charge in [-0.15, -0.1) is 0 Å². The van der Waals surface area contributed by atoms with Crippen molar-refractivity contribution in [3.63, 3.8) is 0 Å². The minimum absolute atomic E-state index is 0.00273. The molecule has 0 aliphatic carbocycles. The number of anilines is 1. The summed E-state index contributed by atoms with van der Waals surface area (Å²) in [6.45, 7) is 9.04. The molecule has 3 amide bonds. The van der Waals surface area contributed by atoms with E-state index in [9.17, 15) is 18.8 Å². The summed E-state index contributed by atoms with van der Waals surface area (Å²) in [7, 11) is 0. The summed E-state index contributed by atoms with van der Waals surface area (Å²) >= 11 is 6.28. The predicted molar refractivity (Wildman–Crippen MR) is 160 cm³/mol. The minimum atomic E-state index is -0.273. The quantitative estimate of drug-likeness (QED) is 0.384. The lowest BCUT2D eigenvalue weighted by atomic mass is 9.94. The first-order chi connectivity index (χ1) is 19.7. The van der Waals surface area contributed by atoms with Crippen molar-refractivity contribution in [1.82, 2.24) is 14.7 Å². The molecule has 4 rings (SSSR count). The third-order valence-corrected chi connectivity index (χ3v) is 8.68. The first-order valence-corrected chi connectivity index (χ1v) is 15.2. The van der Waals surface area contributed by atoms with Crippen LogP contribution in [0.2, 0.25) is 5.02 Å². The summed E-state index contributed by atoms with van der Waals surface area (Å²) in [5.74, 6) is -0.0562. The van der Waals surface area contributed by atoms with Gasteiger partial charge in [-0.25, -0.2) is 4.39 Å². The largest absolute Gasteiger partial charge is 0.343 e. The van der Waals surface area contributed by atoms with Gasteiger partial charge < -0.3 is 19.6 Å². The number of carbonyl (C=O) groups excluding carboxylic acids is 3. The van der Waals surface area contributed by atoms with Crippen LogP contribution in [0.5, 0.6) is 0 Å². The first kappa shape index (κ1) is 31.0. The van der Waals surface area contributed by atoms with E-state index in [1.165, 1.54) is 12.1 Å². The summed E-state index contributed by atoms with van der Waals surface area (Å²) in [6, 6.07) is 13.8. The van der Waals surface area contributed by atoms with Gasteiger partial charge in [-0.3, -0.25) is 14.4 Å². The molecule has 0 saturated carbocycles. The molecule has 7 nitrogen and oxygen atoms in total. The number of likely N-dealkylation sites (tertiary alicyclic amines) is 2. The number of halogens is 2. The highest BCUT2D eigenvalue weighted by Gasteiger charge is 2.31. The topological polar surface area (TPSA) is 64.2 Å². The maximum Gasteiger partial charge on any atom is 0.230 e. The highest BCUT2D eigenvalue weighted by molar-refractivity contribution is 6.30. The summed E-state index contributed by atoms with van der Waals surface area (Å²) in [5.41, 5.74) is 1.74. The Morgan fingerprint density at radius 1 is 0.927 bits per heavy atom. The summed E-state index contributed by atoms with van der Waals surface area (Å²) in [6.07, 6.45) is 3.78. The van der Waals surface area contributed by atoms with Gasteiger partial charge in [0.15, 0.2) is 0 Å². The lowest BCUT2D eigenvalue weighted by Gasteiger charge is -2.35. The fourth-order valence-corrected chi connectivity index (χ4v) is 6.13. The van der Waals surface area contributed by atoms with Gasteiger partial charge in [0.05, 0.1) is 0 Å². The zero-order valence-electron chi connectivity index (χ0n) is 24.2. The number of carbonyl (C=O) groups is 3. The SMILES string of the molecule is CCN(Cc1ccc(F)cc1)C(=O)C1CCN(CCCN(C(=O)C2CCN(C(C)=O)CC2)c2cccc(Cl)c2)CC1. The summed E-state index contributed by atoms with van der Waals surface area (Å²) in [5, 5.41) is 0.596. The molecule has 9 heteroatoms. The van der Waals surface area contributed by atoms with Crippen molar-refractivity contribution in [3.05, 3.63) is 64.9 Å². The summed E-state index contributed by atoms with van der Waals surface area (Å²) in [4.78, 5) is 46.5. The van der Waals surface area contributed by atoms with Crippen molar-refractivity contribution in [3.8, 4) is 0 Å². The van der Waals surface area contributed by atoms with Gasteiger partial charge in [-0.05, 0) is 94.6 Å². The van der Waals surface area contributed by atoms with Crippen molar-refractivity contribution in [2.24, 2.45) is 11.8 Å². The van der Waals surface area contributed by atoms with Crippen LogP contribution in [-0.4, -0.2) is 78.2 Å². The first-order valence-electron chi connectivity index (χ1n) is 14.8. The number of hydrogen-bond donors (Lipinski definition) is 0. The lowest BCUT2D eigenvalue weighted by molar-refractivity contribution is -0.137. The molecule has 0 aromatic heterocycles. The van der Waals surface area contributed by atoms with Crippen LogP contribution in [0.15, 0.2) is 48.5 Å². The average Bonchev–Trinajstić information content (AvgIpc) is 2.98. The van der Waals surface area contributed by atoms with Gasteiger partial charge in [-0.1, -0.05) is 29.8 Å². The molecule has 0 unspecified atom stereocenters. The Morgan fingerprint density at radius 2 is 1.56 bits per heavy atom. The molecule has 2 aromatic rings. The van der Waals surface area contributed by atoms with Gasteiger partial charge in [0, 0.05) is 62.2 Å². The normalized spacial score (nSPS) is 16.9. The number of rotatable bonds is 10. The van der Waals surface area contributed by atoms with Crippen LogP contribution in [-0.2, 0) is 20.9 Å². The van der Waals surface area contributed by atoms with Crippen molar-refractivity contribution in [2.45, 2.75) is 52.5 Å². The monoisotopic (exact) mass is 584 g/mol. The van der Waals surface area contributed by atoms with Crippen LogP contribution in [0.3, 0.4) is 0 Å². The number of piperidine rings is 2. The second-order valence-corrected chi connectivity index (χ2v) is 11.6. The van der Waals surface area contributed by atoms with Gasteiger partial charge in [-0.2, -0.15) is 0 Å². The van der Waals surface area contributed by atoms with E-state index in [1.807, 2.05) is 45.9 Å². The van der Waals surface area contributed by atoms with E-state index in [-0.39, 0.29) is 35.4 Å². The smallest absolute Gasteiger partial charge is 0.230 e. The second kappa shape index (κ2) is 14.8. The van der Waals surface area contributed by atoms with Gasteiger partial charge in [0.2, 0.25) is 17.7 Å². The highest BCUT2D eigenvalue weighted by atomic mass is 35.5. The molecule has 2 aliphatic rings. The van der Waals surface area contributed by atoms with Gasteiger partial charge >= 0.3 is 0 Å². The minimum Gasteiger partial charge on any atom is -0.343 e. The Labute approximate surface area is 248 Å². The zero-order valence-corrected chi connectivity index (χ0v) is 25.0. The van der Waals surface area contributed by atoms with Gasteiger partial charge in [0.1, 0.15) is 5.82 Å². The zero-order chi connectivity index (χ0) is 29.4. The Morgan fingerprint density at radius 3 is 2.17 bits per heavy atom. The Hall–Kier alpha value is -2.97. The molecule has 2 aliphatic heterocycles. The maximum atomic E-state index is 13.6. The molecular weight excluding hydrogens is 543 g/mol. The molecular formula is C32H42ClFN4O3. The van der Waals surface area contributed by atoms with Crippen LogP contribution in [0.1, 0.15) is 51.5 Å². The number of nitrogens with zero attached hydrogens (tertiary/aromatic N) is 4. The van der Waals surface area contributed by atoms with Gasteiger partial charge in [0.25, 0.3) is 0 Å². The van der Waals surface area contributed by atoms with E-state index in [2.05, 4.69) is 4.90 Å². The number of amides is 3. The molecule has 222 valence electrons. The molecule has 2 saturated heterocycles. The standard InChI is InChI=1S/C32H42ClFN4O3/c1-3-36(23-25-8-10-29(34)11-9-25)31(40)26-12-18-35(19-13-26)16-5-17-38(30-7-4-6-28(33)22-30)32(41)27-14-20-37(21-15-27)24(2)39/h4,6-11,22,26-27H,3,5,12-21,23H2,1-2H3. The number of hydrogen-bond acceptors (Lipinski definition) is 4. The number of benzene rings is 2. The lowest BCUT2D eigenvalue weighted by Crippen LogP contribution is -2.45. The van der Waals surface area contributed by atoms with Crippen LogP contribution in [0, 0.1) is 17.7 Å². The predicted octanol–water partition coefficient (Wildman–Crippen LogP) is 5.22. The molecule has 0 radical (unpaired) electrons. The van der Waals surface area contributed by atoms with Crippen LogP contribution in [0.25, 0.3) is 0 Å². The average molecular weight is 585 g/mol. The molecule has 41 heavy (non-hydrogen) atoms. The van der Waals surface area contributed by atoms with E-state index < -0.39 is 0 Å². The van der Waals surface area contributed by atoms with Crippen LogP contribution >= 0.6 is 11.6 Å².